The summed E-state index contributed by atoms with van der Waals surface area (Å²) in [6.45, 7) is 0.772. The molecule has 2 heterocycles. The molecule has 4 amide bonds. The molecule has 194 valence electrons. The molecule has 4 N–H and O–H groups in total. The van der Waals surface area contributed by atoms with Gasteiger partial charge >= 0.3 is 0 Å². The first-order chi connectivity index (χ1) is 17.7. The molecular formula is C27H28ClFN4O4. The van der Waals surface area contributed by atoms with Crippen LogP contribution in [0.25, 0.3) is 6.08 Å². The van der Waals surface area contributed by atoms with Gasteiger partial charge < -0.3 is 21.3 Å². The molecule has 2 fully saturated rings. The highest BCUT2D eigenvalue weighted by Gasteiger charge is 2.41. The molecule has 10 heteroatoms. The summed E-state index contributed by atoms with van der Waals surface area (Å²) in [5.41, 5.74) is 6.69. The SMILES string of the molecule is NC(=O)C(CC1CCNC1=O)NC(=O)[C@@H]1C[C@@H](c2ccccc2)CN1C(=O)/C=C/c1ccc(Cl)cc1F. The largest absolute Gasteiger partial charge is 0.368 e. The number of nitrogens with zero attached hydrogens (tertiary/aromatic N) is 1. The molecule has 0 radical (unpaired) electrons. The molecule has 2 aromatic rings. The zero-order chi connectivity index (χ0) is 26.5. The van der Waals surface area contributed by atoms with Gasteiger partial charge in [0.1, 0.15) is 17.9 Å². The van der Waals surface area contributed by atoms with Crippen LogP contribution in [0.15, 0.2) is 54.6 Å². The van der Waals surface area contributed by atoms with Gasteiger partial charge in [0.2, 0.25) is 23.6 Å². The van der Waals surface area contributed by atoms with Crippen LogP contribution in [0.4, 0.5) is 4.39 Å². The first-order valence-electron chi connectivity index (χ1n) is 12.1. The number of hydrogen-bond donors (Lipinski definition) is 3. The number of likely N-dealkylation sites (tertiary alicyclic amines) is 1. The van der Waals surface area contributed by atoms with Crippen LogP contribution in [0, 0.1) is 11.7 Å². The molecule has 0 saturated carbocycles. The molecule has 2 aliphatic heterocycles. The molecule has 2 aliphatic rings. The van der Waals surface area contributed by atoms with E-state index in [0.29, 0.717) is 19.4 Å². The van der Waals surface area contributed by atoms with Gasteiger partial charge in [-0.1, -0.05) is 48.0 Å². The number of halogens is 2. The number of amides is 4. The summed E-state index contributed by atoms with van der Waals surface area (Å²) in [5.74, 6) is -3.04. The van der Waals surface area contributed by atoms with Crippen molar-refractivity contribution in [1.82, 2.24) is 15.5 Å². The van der Waals surface area contributed by atoms with Gasteiger partial charge in [0.25, 0.3) is 0 Å². The van der Waals surface area contributed by atoms with Crippen LogP contribution in [0.2, 0.25) is 5.02 Å². The number of benzene rings is 2. The Hall–Kier alpha value is -3.72. The van der Waals surface area contributed by atoms with Gasteiger partial charge in [0.05, 0.1) is 0 Å². The smallest absolute Gasteiger partial charge is 0.247 e. The van der Waals surface area contributed by atoms with Crippen LogP contribution in [-0.4, -0.2) is 53.7 Å². The van der Waals surface area contributed by atoms with E-state index in [1.54, 1.807) is 0 Å². The summed E-state index contributed by atoms with van der Waals surface area (Å²) in [5, 5.41) is 5.61. The summed E-state index contributed by atoms with van der Waals surface area (Å²) >= 11 is 5.80. The highest BCUT2D eigenvalue weighted by Crippen LogP contribution is 2.32. The Morgan fingerprint density at radius 3 is 2.62 bits per heavy atom. The third-order valence-corrected chi connectivity index (χ3v) is 7.10. The van der Waals surface area contributed by atoms with E-state index in [4.69, 9.17) is 17.3 Å². The maximum atomic E-state index is 14.2. The fourth-order valence-corrected chi connectivity index (χ4v) is 5.02. The van der Waals surface area contributed by atoms with Gasteiger partial charge in [-0.05, 0) is 43.0 Å². The number of carbonyl (C=O) groups excluding carboxylic acids is 4. The topological polar surface area (TPSA) is 122 Å². The second-order valence-electron chi connectivity index (χ2n) is 9.32. The number of nitrogens with two attached hydrogens (primary N) is 1. The summed E-state index contributed by atoms with van der Waals surface area (Å²) in [6, 6.07) is 11.7. The molecule has 0 spiro atoms. The van der Waals surface area contributed by atoms with Crippen LogP contribution < -0.4 is 16.4 Å². The minimum atomic E-state index is -1.05. The van der Waals surface area contributed by atoms with Crippen LogP contribution in [0.1, 0.15) is 36.3 Å². The third kappa shape index (κ3) is 6.35. The molecule has 0 aliphatic carbocycles. The van der Waals surface area contributed by atoms with Gasteiger partial charge in [0.15, 0.2) is 0 Å². The van der Waals surface area contributed by atoms with E-state index >= 15 is 0 Å². The van der Waals surface area contributed by atoms with Crippen molar-refractivity contribution in [3.8, 4) is 0 Å². The van der Waals surface area contributed by atoms with E-state index in [1.165, 1.54) is 29.2 Å². The molecular weight excluding hydrogens is 499 g/mol. The number of primary amides is 1. The summed E-state index contributed by atoms with van der Waals surface area (Å²) in [7, 11) is 0. The molecule has 0 aromatic heterocycles. The van der Waals surface area contributed by atoms with Crippen molar-refractivity contribution in [2.75, 3.05) is 13.1 Å². The van der Waals surface area contributed by atoms with Gasteiger partial charge in [0, 0.05) is 41.6 Å². The zero-order valence-electron chi connectivity index (χ0n) is 20.0. The molecule has 2 saturated heterocycles. The number of hydrogen-bond acceptors (Lipinski definition) is 4. The van der Waals surface area contributed by atoms with Gasteiger partial charge in [-0.25, -0.2) is 4.39 Å². The fourth-order valence-electron chi connectivity index (χ4n) is 4.86. The lowest BCUT2D eigenvalue weighted by atomic mass is 9.95. The monoisotopic (exact) mass is 526 g/mol. The standard InChI is InChI=1S/C27H28ClFN4O4/c28-20-8-6-17(21(29)14-20)7-9-24(34)33-15-19(16-4-2-1-3-5-16)13-23(33)27(37)32-22(25(30)35)12-18-10-11-31-26(18)36/h1-9,14,18-19,22-23H,10-13,15H2,(H2,30,35)(H,31,36)(H,32,37)/b9-7+/t18?,19-,22?,23+/m1/s1. The summed E-state index contributed by atoms with van der Waals surface area (Å²) in [4.78, 5) is 52.0. The van der Waals surface area contributed by atoms with Gasteiger partial charge in [-0.2, -0.15) is 0 Å². The van der Waals surface area contributed by atoms with E-state index in [2.05, 4.69) is 10.6 Å². The van der Waals surface area contributed by atoms with Crippen molar-refractivity contribution < 1.29 is 23.6 Å². The fraction of sp³-hybridized carbons (Fsp3) is 0.333. The normalized spacial score (nSPS) is 22.2. The lowest BCUT2D eigenvalue weighted by Gasteiger charge is -2.25. The second-order valence-corrected chi connectivity index (χ2v) is 9.76. The first kappa shape index (κ1) is 26.3. The molecule has 2 unspecified atom stereocenters. The van der Waals surface area contributed by atoms with Crippen LogP contribution in [-0.2, 0) is 19.2 Å². The highest BCUT2D eigenvalue weighted by atomic mass is 35.5. The van der Waals surface area contributed by atoms with Gasteiger partial charge in [-0.3, -0.25) is 19.2 Å². The number of nitrogens with one attached hydrogen (secondary N) is 2. The van der Waals surface area contributed by atoms with E-state index in [0.717, 1.165) is 11.6 Å². The Kier molecular flexibility index (Phi) is 8.23. The van der Waals surface area contributed by atoms with Gasteiger partial charge in [-0.15, -0.1) is 0 Å². The minimum Gasteiger partial charge on any atom is -0.368 e. The van der Waals surface area contributed by atoms with Crippen LogP contribution in [0.3, 0.4) is 0 Å². The van der Waals surface area contributed by atoms with Crippen molar-refractivity contribution in [3.05, 3.63) is 76.6 Å². The molecule has 37 heavy (non-hydrogen) atoms. The maximum absolute atomic E-state index is 14.2. The molecule has 0 bridgehead atoms. The Labute approximate surface area is 219 Å². The Morgan fingerprint density at radius 2 is 1.97 bits per heavy atom. The van der Waals surface area contributed by atoms with Crippen LogP contribution in [0.5, 0.6) is 0 Å². The Morgan fingerprint density at radius 1 is 1.22 bits per heavy atom. The molecule has 4 atom stereocenters. The molecule has 2 aromatic carbocycles. The van der Waals surface area contributed by atoms with Crippen molar-refractivity contribution >= 4 is 41.3 Å². The summed E-state index contributed by atoms with van der Waals surface area (Å²) < 4.78 is 14.2. The van der Waals surface area contributed by atoms with Crippen molar-refractivity contribution in [2.24, 2.45) is 11.7 Å². The zero-order valence-corrected chi connectivity index (χ0v) is 20.8. The van der Waals surface area contributed by atoms with Crippen molar-refractivity contribution in [1.29, 1.82) is 0 Å². The van der Waals surface area contributed by atoms with Crippen LogP contribution >= 0.6 is 11.6 Å². The summed E-state index contributed by atoms with van der Waals surface area (Å²) in [6.07, 6.45) is 3.53. The van der Waals surface area contributed by atoms with E-state index < -0.39 is 41.5 Å². The van der Waals surface area contributed by atoms with Crippen molar-refractivity contribution in [2.45, 2.75) is 37.3 Å². The maximum Gasteiger partial charge on any atom is 0.247 e. The Bertz CT molecular complexity index is 1220. The third-order valence-electron chi connectivity index (χ3n) is 6.87. The predicted octanol–water partition coefficient (Wildman–Crippen LogP) is 2.37. The van der Waals surface area contributed by atoms with Crippen molar-refractivity contribution in [3.63, 3.8) is 0 Å². The Balaban J connectivity index is 1.53. The highest BCUT2D eigenvalue weighted by molar-refractivity contribution is 6.30. The average Bonchev–Trinajstić information content (AvgIpc) is 3.50. The first-order valence-corrected chi connectivity index (χ1v) is 12.5. The lowest BCUT2D eigenvalue weighted by Crippen LogP contribution is -2.52. The number of carbonyl (C=O) groups is 4. The molecule has 8 nitrogen and oxygen atoms in total. The predicted molar refractivity (Wildman–Crippen MR) is 137 cm³/mol. The second kappa shape index (κ2) is 11.6. The van der Waals surface area contributed by atoms with E-state index in [9.17, 15) is 23.6 Å². The van der Waals surface area contributed by atoms with E-state index in [1.807, 2.05) is 30.3 Å². The van der Waals surface area contributed by atoms with E-state index in [-0.39, 0.29) is 35.4 Å². The quantitative estimate of drug-likeness (QED) is 0.457. The minimum absolute atomic E-state index is 0.0887. The lowest BCUT2D eigenvalue weighted by molar-refractivity contribution is -0.136. The molecule has 4 rings (SSSR count). The number of rotatable bonds is 8. The average molecular weight is 527 g/mol.